The van der Waals surface area contributed by atoms with Gasteiger partial charge in [0.15, 0.2) is 4.80 Å². The summed E-state index contributed by atoms with van der Waals surface area (Å²) in [5, 5.41) is 0.605. The van der Waals surface area contributed by atoms with Crippen molar-refractivity contribution in [2.45, 2.75) is 18.4 Å². The van der Waals surface area contributed by atoms with E-state index in [4.69, 9.17) is 16.0 Å². The molecule has 0 N–H and O–H groups in total. The summed E-state index contributed by atoms with van der Waals surface area (Å²) in [5.74, 6) is 0.0713. The highest BCUT2D eigenvalue weighted by Gasteiger charge is 2.22. The largest absolute Gasteiger partial charge is 0.468 e. The van der Waals surface area contributed by atoms with E-state index in [9.17, 15) is 13.2 Å². The lowest BCUT2D eigenvalue weighted by molar-refractivity contribution is 0.0998. The number of rotatable bonds is 5. The van der Waals surface area contributed by atoms with E-state index < -0.39 is 15.9 Å². The van der Waals surface area contributed by atoms with Gasteiger partial charge in [0.25, 0.3) is 5.91 Å². The quantitative estimate of drug-likeness (QED) is 0.417. The molecular formula is C22H20ClN3O4S2. The van der Waals surface area contributed by atoms with E-state index in [1.165, 1.54) is 53.2 Å². The number of nitrogens with zero attached hydrogens (tertiary/aromatic N) is 3. The van der Waals surface area contributed by atoms with Gasteiger partial charge in [0.2, 0.25) is 10.0 Å². The molecule has 0 aliphatic rings. The van der Waals surface area contributed by atoms with Gasteiger partial charge in [-0.05, 0) is 55.0 Å². The molecular weight excluding hydrogens is 470 g/mol. The first-order chi connectivity index (χ1) is 15.2. The number of carbonyl (C=O) groups excluding carboxylic acids is 1. The van der Waals surface area contributed by atoms with Crippen molar-refractivity contribution in [1.82, 2.24) is 8.87 Å². The molecule has 0 atom stereocenters. The zero-order valence-corrected chi connectivity index (χ0v) is 20.0. The van der Waals surface area contributed by atoms with Gasteiger partial charge in [-0.3, -0.25) is 4.79 Å². The summed E-state index contributed by atoms with van der Waals surface area (Å²) in [4.78, 5) is 17.6. The van der Waals surface area contributed by atoms with Crippen molar-refractivity contribution in [2.75, 3.05) is 7.05 Å². The van der Waals surface area contributed by atoms with Crippen molar-refractivity contribution < 1.29 is 17.6 Å². The van der Waals surface area contributed by atoms with Crippen LogP contribution in [-0.2, 0) is 23.6 Å². The summed E-state index contributed by atoms with van der Waals surface area (Å²) in [6.45, 7) is 2.08. The van der Waals surface area contributed by atoms with Crippen LogP contribution in [-0.4, -0.2) is 30.2 Å². The second-order valence-electron chi connectivity index (χ2n) is 7.27. The van der Waals surface area contributed by atoms with Gasteiger partial charge >= 0.3 is 0 Å². The smallest absolute Gasteiger partial charge is 0.279 e. The van der Waals surface area contributed by atoms with Crippen LogP contribution in [0.5, 0.6) is 0 Å². The Bertz CT molecular complexity index is 1470. The molecule has 0 aliphatic carbocycles. The number of furan rings is 1. The van der Waals surface area contributed by atoms with Crippen LogP contribution in [0.4, 0.5) is 0 Å². The molecule has 0 aliphatic heterocycles. The lowest BCUT2D eigenvalue weighted by Gasteiger charge is -2.16. The minimum Gasteiger partial charge on any atom is -0.468 e. The maximum atomic E-state index is 12.8. The van der Waals surface area contributed by atoms with Gasteiger partial charge in [0, 0.05) is 19.7 Å². The highest BCUT2D eigenvalue weighted by atomic mass is 35.5. The van der Waals surface area contributed by atoms with Crippen LogP contribution in [0.3, 0.4) is 0 Å². The lowest BCUT2D eigenvalue weighted by atomic mass is 10.2. The molecule has 7 nitrogen and oxygen atoms in total. The molecule has 32 heavy (non-hydrogen) atoms. The van der Waals surface area contributed by atoms with Gasteiger partial charge in [0.1, 0.15) is 5.76 Å². The zero-order chi connectivity index (χ0) is 23.0. The topological polar surface area (TPSA) is 84.9 Å². The number of aromatic nitrogens is 1. The van der Waals surface area contributed by atoms with Crippen LogP contribution >= 0.6 is 22.9 Å². The number of thiazole rings is 1. The van der Waals surface area contributed by atoms with E-state index in [1.54, 1.807) is 12.1 Å². The Morgan fingerprint density at radius 2 is 1.91 bits per heavy atom. The summed E-state index contributed by atoms with van der Waals surface area (Å²) < 4.78 is 34.7. The molecule has 0 radical (unpaired) electrons. The molecule has 10 heteroatoms. The van der Waals surface area contributed by atoms with Gasteiger partial charge in [0.05, 0.1) is 32.9 Å². The number of halogens is 1. The predicted octanol–water partition coefficient (Wildman–Crippen LogP) is 4.36. The molecule has 166 valence electrons. The Hall–Kier alpha value is -2.72. The van der Waals surface area contributed by atoms with Crippen molar-refractivity contribution in [3.8, 4) is 0 Å². The molecule has 0 saturated heterocycles. The highest BCUT2D eigenvalue weighted by molar-refractivity contribution is 7.89. The van der Waals surface area contributed by atoms with E-state index in [0.29, 0.717) is 15.6 Å². The van der Waals surface area contributed by atoms with Crippen molar-refractivity contribution in [1.29, 1.82) is 0 Å². The average molecular weight is 490 g/mol. The highest BCUT2D eigenvalue weighted by Crippen LogP contribution is 2.28. The van der Waals surface area contributed by atoms with Crippen LogP contribution in [0.15, 0.2) is 69.1 Å². The van der Waals surface area contributed by atoms with Crippen molar-refractivity contribution >= 4 is 49.1 Å². The number of aryl methyl sites for hydroxylation is 2. The SMILES string of the molecule is Cc1ccc(Cl)c2sc(=NC(=O)c3ccc(S(=O)(=O)N(C)Cc4ccco4)cc3)n(C)c12. The molecule has 0 saturated carbocycles. The fraction of sp³-hybridized carbons (Fsp3) is 0.182. The number of hydrogen-bond donors (Lipinski definition) is 0. The van der Waals surface area contributed by atoms with Crippen LogP contribution in [0.2, 0.25) is 5.02 Å². The number of benzene rings is 2. The maximum absolute atomic E-state index is 12.8. The van der Waals surface area contributed by atoms with Crippen molar-refractivity contribution in [3.63, 3.8) is 0 Å². The summed E-state index contributed by atoms with van der Waals surface area (Å²) in [5.41, 5.74) is 2.25. The molecule has 0 bridgehead atoms. The molecule has 0 spiro atoms. The number of amides is 1. The van der Waals surface area contributed by atoms with Crippen LogP contribution in [0.1, 0.15) is 21.7 Å². The predicted molar refractivity (Wildman–Crippen MR) is 124 cm³/mol. The van der Waals surface area contributed by atoms with Gasteiger partial charge in [-0.15, -0.1) is 0 Å². The van der Waals surface area contributed by atoms with Crippen molar-refractivity contribution in [2.24, 2.45) is 12.0 Å². The fourth-order valence-electron chi connectivity index (χ4n) is 3.32. The summed E-state index contributed by atoms with van der Waals surface area (Å²) in [6, 6.07) is 12.9. The molecule has 1 amide bonds. The Labute approximate surface area is 194 Å². The number of carbonyl (C=O) groups is 1. The molecule has 0 fully saturated rings. The third kappa shape index (κ3) is 4.16. The van der Waals surface area contributed by atoms with E-state index in [-0.39, 0.29) is 17.0 Å². The molecule has 4 aromatic rings. The first-order valence-electron chi connectivity index (χ1n) is 9.61. The van der Waals surface area contributed by atoms with Crippen LogP contribution in [0.25, 0.3) is 10.2 Å². The van der Waals surface area contributed by atoms with E-state index in [1.807, 2.05) is 30.7 Å². The molecule has 2 heterocycles. The minimum atomic E-state index is -3.74. The second-order valence-corrected chi connectivity index (χ2v) is 10.7. The Balaban J connectivity index is 1.61. The third-order valence-electron chi connectivity index (χ3n) is 5.07. The monoisotopic (exact) mass is 489 g/mol. The number of hydrogen-bond acceptors (Lipinski definition) is 5. The number of fused-ring (bicyclic) bond motifs is 1. The second kappa shape index (κ2) is 8.67. The summed E-state index contributed by atoms with van der Waals surface area (Å²) in [7, 11) is -0.430. The average Bonchev–Trinajstić information content (AvgIpc) is 3.39. The molecule has 0 unspecified atom stereocenters. The Morgan fingerprint density at radius 3 is 2.53 bits per heavy atom. The minimum absolute atomic E-state index is 0.0814. The first-order valence-corrected chi connectivity index (χ1v) is 12.2. The fourth-order valence-corrected chi connectivity index (χ4v) is 5.82. The standard InChI is InChI=1S/C22H20ClN3O4S2/c1-14-6-11-18(23)20-19(14)26(3)22(31-20)24-21(27)15-7-9-17(10-8-15)32(28,29)25(2)13-16-5-4-12-30-16/h4-12H,13H2,1-3H3. The number of sulfonamides is 1. The molecule has 2 aromatic carbocycles. The maximum Gasteiger partial charge on any atom is 0.279 e. The molecule has 4 rings (SSSR count). The van der Waals surface area contributed by atoms with E-state index in [0.717, 1.165) is 15.8 Å². The van der Waals surface area contributed by atoms with Crippen LogP contribution in [0, 0.1) is 6.92 Å². The lowest BCUT2D eigenvalue weighted by Crippen LogP contribution is -2.26. The van der Waals surface area contributed by atoms with Crippen molar-refractivity contribution in [3.05, 3.63) is 81.5 Å². The summed E-state index contributed by atoms with van der Waals surface area (Å²) >= 11 is 7.63. The third-order valence-corrected chi connectivity index (χ3v) is 8.48. The van der Waals surface area contributed by atoms with Gasteiger partial charge < -0.3 is 8.98 Å². The van der Waals surface area contributed by atoms with Gasteiger partial charge in [-0.1, -0.05) is 29.0 Å². The Morgan fingerprint density at radius 1 is 1.19 bits per heavy atom. The van der Waals surface area contributed by atoms with Crippen LogP contribution < -0.4 is 4.80 Å². The molecule has 2 aromatic heterocycles. The Kier molecular flexibility index (Phi) is 6.09. The van der Waals surface area contributed by atoms with E-state index >= 15 is 0 Å². The van der Waals surface area contributed by atoms with Gasteiger partial charge in [-0.25, -0.2) is 8.42 Å². The summed E-state index contributed by atoms with van der Waals surface area (Å²) in [6.07, 6.45) is 1.49. The van der Waals surface area contributed by atoms with Gasteiger partial charge in [-0.2, -0.15) is 9.30 Å². The first kappa shape index (κ1) is 22.5. The normalized spacial score (nSPS) is 12.7. The van der Waals surface area contributed by atoms with E-state index in [2.05, 4.69) is 4.99 Å². The zero-order valence-electron chi connectivity index (χ0n) is 17.6.